The molecule has 24 nitrogen and oxygen atoms in total. The van der Waals surface area contributed by atoms with Crippen molar-refractivity contribution in [3.05, 3.63) is 71.1 Å². The smallest absolute Gasteiger partial charge is 0.336 e. The number of carboxylic acids is 1. The number of carboxylic acid groups (broad SMARTS) is 1. The van der Waals surface area contributed by atoms with Crippen LogP contribution in [0.3, 0.4) is 0 Å². The second-order valence-corrected chi connectivity index (χ2v) is 20.3. The maximum absolute atomic E-state index is 13.3. The fourth-order valence-electron chi connectivity index (χ4n) is 9.75. The zero-order valence-electron chi connectivity index (χ0n) is 44.3. The summed E-state index contributed by atoms with van der Waals surface area (Å²) < 4.78 is 43.3. The number of aliphatic hydroxyl groups excluding tert-OH is 9. The lowest BCUT2D eigenvalue weighted by atomic mass is 9.89. The number of nitrogens with zero attached hydrogens (tertiary/aromatic N) is 2. The first-order valence-electron chi connectivity index (χ1n) is 26.2. The molecule has 2 aromatic rings. The van der Waals surface area contributed by atoms with Crippen LogP contribution in [0.15, 0.2) is 59.0 Å². The lowest BCUT2D eigenvalue weighted by Crippen LogP contribution is -2.67. The number of ether oxygens (including phenoxy) is 6. The number of rotatable bonds is 23. The van der Waals surface area contributed by atoms with Gasteiger partial charge >= 0.3 is 5.97 Å². The maximum Gasteiger partial charge on any atom is 0.336 e. The third-order valence-corrected chi connectivity index (χ3v) is 14.4. The molecular weight excluding hydrogens is 1020 g/mol. The van der Waals surface area contributed by atoms with Gasteiger partial charge in [-0.05, 0) is 55.7 Å². The van der Waals surface area contributed by atoms with Crippen molar-refractivity contribution in [3.63, 3.8) is 0 Å². The van der Waals surface area contributed by atoms with Crippen molar-refractivity contribution in [1.82, 2.24) is 15.2 Å². The zero-order chi connectivity index (χ0) is 56.5. The molecule has 0 aromatic heterocycles. The number of nitrogens with one attached hydrogen (secondary N) is 2. The lowest BCUT2D eigenvalue weighted by molar-refractivity contribution is -0.390. The van der Waals surface area contributed by atoms with Crippen molar-refractivity contribution in [2.75, 3.05) is 66.0 Å². The number of anilines is 1. The highest BCUT2D eigenvalue weighted by Gasteiger charge is 2.54. The van der Waals surface area contributed by atoms with Crippen molar-refractivity contribution in [2.45, 2.75) is 144 Å². The highest BCUT2D eigenvalue weighted by molar-refractivity contribution is 6.09. The molecule has 3 fully saturated rings. The van der Waals surface area contributed by atoms with Gasteiger partial charge in [0.25, 0.3) is 5.91 Å². The molecule has 15 atom stereocenters. The van der Waals surface area contributed by atoms with Crippen LogP contribution in [0.2, 0.25) is 0 Å². The first kappa shape index (κ1) is 60.4. The van der Waals surface area contributed by atoms with Gasteiger partial charge in [0.2, 0.25) is 11.3 Å². The van der Waals surface area contributed by atoms with Crippen molar-refractivity contribution < 1.29 is 98.3 Å². The molecule has 2 aromatic carbocycles. The van der Waals surface area contributed by atoms with E-state index in [9.17, 15) is 65.4 Å². The lowest BCUT2D eigenvalue weighted by Gasteiger charge is -2.48. The van der Waals surface area contributed by atoms with Crippen LogP contribution in [0.4, 0.5) is 5.69 Å². The van der Waals surface area contributed by atoms with E-state index in [1.165, 1.54) is 13.0 Å². The number of unbranched alkanes of at least 4 members (excludes halogenated alkanes) is 5. The van der Waals surface area contributed by atoms with E-state index in [-0.39, 0.29) is 43.2 Å². The summed E-state index contributed by atoms with van der Waals surface area (Å²) in [5.74, 6) is -1.35. The van der Waals surface area contributed by atoms with E-state index in [1.807, 2.05) is 74.1 Å². The summed E-state index contributed by atoms with van der Waals surface area (Å²) in [6.07, 6.45) is -19.6. The Bertz CT molecular complexity index is 2700. The predicted molar refractivity (Wildman–Crippen MR) is 278 cm³/mol. The molecular formula is C54H75N4O20+. The number of carbonyl (C=O) groups excluding carboxylic acids is 2. The first-order chi connectivity index (χ1) is 37.2. The molecule has 0 unspecified atom stereocenters. The van der Waals surface area contributed by atoms with Crippen LogP contribution in [0.5, 0.6) is 0 Å². The summed E-state index contributed by atoms with van der Waals surface area (Å²) >= 11 is 0. The number of hydrogen-bond donors (Lipinski definition) is 12. The van der Waals surface area contributed by atoms with Crippen LogP contribution in [0, 0.1) is 0 Å². The Labute approximate surface area is 450 Å². The minimum atomic E-state index is -1.89. The zero-order valence-corrected chi connectivity index (χ0v) is 44.3. The number of aliphatic hydroxyl groups is 9. The average molecular weight is 1100 g/mol. The van der Waals surface area contributed by atoms with Gasteiger partial charge in [0.1, 0.15) is 92.6 Å². The Morgan fingerprint density at radius 3 is 1.95 bits per heavy atom. The van der Waals surface area contributed by atoms with E-state index in [1.54, 1.807) is 12.1 Å². The normalized spacial score (nSPS) is 29.3. The fourth-order valence-corrected chi connectivity index (χ4v) is 9.75. The molecule has 0 bridgehead atoms. The summed E-state index contributed by atoms with van der Waals surface area (Å²) in [5, 5.41) is 112. The molecule has 12 N–H and O–H groups in total. The minimum Gasteiger partial charge on any atom is -0.478 e. The van der Waals surface area contributed by atoms with Crippen LogP contribution in [-0.4, -0.2) is 222 Å². The molecule has 4 aliphatic heterocycles. The van der Waals surface area contributed by atoms with Crippen LogP contribution < -0.4 is 25.5 Å². The summed E-state index contributed by atoms with van der Waals surface area (Å²) in [6, 6.07) is 16.0. The number of fused-ring (bicyclic) bond motifs is 2. The standard InChI is InChI=1S/C54H74N4O20/c1-27-41(62)44(65)46(67)52(73-27)78-49-48(77-53-47(68)45(66)42(63)37(25-59)75-53)43(64)38(26-60)76-54(49)72-21-11-9-7-6-8-10-12-39(61)55-19-20-56-50(69)28-13-16-31(34(22-28)51(70)71)40-32-17-14-29(57(2)3)23-35(32)74-36-24-30(58(4)5)15-18-33(36)40/h13-18,22-24,27,37-38,41-49,52-54,59-60,62-68H,6-12,19-21,25-26H2,1-5H3,(H2-,55,56,61,69,70,71)/p+1/t27-,37+,38+,41+,42-,43-,44+,45-,46-,47+,48-,49+,52-,53+,54+/m0/s1. The third kappa shape index (κ3) is 14.0. The fraction of sp³-hybridized carbons (Fsp3) is 0.593. The van der Waals surface area contributed by atoms with Gasteiger partial charge in [0, 0.05) is 80.1 Å². The Morgan fingerprint density at radius 2 is 1.27 bits per heavy atom. The van der Waals surface area contributed by atoms with E-state index >= 15 is 0 Å². The minimum absolute atomic E-state index is 0.0536. The Balaban J connectivity index is 0.867. The van der Waals surface area contributed by atoms with Crippen LogP contribution in [0.1, 0.15) is 72.6 Å². The van der Waals surface area contributed by atoms with Crippen LogP contribution in [-0.2, 0) is 33.2 Å². The van der Waals surface area contributed by atoms with Crippen molar-refractivity contribution in [2.24, 2.45) is 0 Å². The van der Waals surface area contributed by atoms with Gasteiger partial charge in [-0.25, -0.2) is 9.37 Å². The monoisotopic (exact) mass is 1100 g/mol. The summed E-state index contributed by atoms with van der Waals surface area (Å²) in [6.45, 7) is 0.218. The summed E-state index contributed by atoms with van der Waals surface area (Å²) in [5.41, 5.74) is 3.32. The number of aromatic carboxylic acids is 1. The Hall–Kier alpha value is -5.26. The van der Waals surface area contributed by atoms with Crippen molar-refractivity contribution in [1.29, 1.82) is 0 Å². The third-order valence-electron chi connectivity index (χ3n) is 14.4. The summed E-state index contributed by atoms with van der Waals surface area (Å²) in [7, 11) is 7.67. The van der Waals surface area contributed by atoms with E-state index < -0.39 is 117 Å². The van der Waals surface area contributed by atoms with E-state index in [2.05, 4.69) is 10.6 Å². The van der Waals surface area contributed by atoms with E-state index in [0.29, 0.717) is 52.7 Å². The van der Waals surface area contributed by atoms with Crippen molar-refractivity contribution >= 4 is 34.4 Å². The van der Waals surface area contributed by atoms with Crippen molar-refractivity contribution in [3.8, 4) is 22.5 Å². The molecule has 2 amide bonds. The number of carbonyl (C=O) groups is 3. The van der Waals surface area contributed by atoms with E-state index in [0.717, 1.165) is 30.3 Å². The largest absolute Gasteiger partial charge is 0.478 e. The molecule has 24 heteroatoms. The molecule has 430 valence electrons. The highest BCUT2D eigenvalue weighted by Crippen LogP contribution is 2.42. The second-order valence-electron chi connectivity index (χ2n) is 20.3. The predicted octanol–water partition coefficient (Wildman–Crippen LogP) is -0.930. The SMILES string of the molecule is C[C@@H]1O[C@@H](O[C@H]2[C@H](OCCCCCCCCC(=O)NCCNC(=O)c3ccc(-c4c5ccc(=[N+](C)C)cc-5oc5cc(N(C)C)ccc45)c(C(=O)O)c3)O[C@H](CO)[C@H](O)[C@@H]2O[C@H]2O[C@H](CO)[C@H](O)[C@H](O)[C@H]2O)[C@@H](O)[C@H](O)[C@@H]1O. The molecule has 4 heterocycles. The molecule has 5 aliphatic rings. The molecule has 0 spiro atoms. The topological polar surface area (TPSA) is 352 Å². The summed E-state index contributed by atoms with van der Waals surface area (Å²) in [4.78, 5) is 40.8. The molecule has 7 rings (SSSR count). The van der Waals surface area contributed by atoms with Gasteiger partial charge in [0.15, 0.2) is 18.9 Å². The second kappa shape index (κ2) is 27.3. The molecule has 1 aliphatic carbocycles. The highest BCUT2D eigenvalue weighted by atomic mass is 16.8. The van der Waals surface area contributed by atoms with Gasteiger partial charge in [-0.2, -0.15) is 0 Å². The number of amides is 2. The van der Waals surface area contributed by atoms with Gasteiger partial charge in [-0.3, -0.25) is 9.59 Å². The van der Waals surface area contributed by atoms with Gasteiger partial charge in [-0.15, -0.1) is 0 Å². The quantitative estimate of drug-likeness (QED) is 0.0243. The molecule has 0 saturated carbocycles. The van der Waals surface area contributed by atoms with E-state index in [4.69, 9.17) is 32.8 Å². The molecule has 0 radical (unpaired) electrons. The molecule has 3 saturated heterocycles. The van der Waals surface area contributed by atoms with Gasteiger partial charge < -0.3 is 99.4 Å². The van der Waals surface area contributed by atoms with Gasteiger partial charge in [-0.1, -0.05) is 31.7 Å². The van der Waals surface area contributed by atoms with Crippen LogP contribution >= 0.6 is 0 Å². The average Bonchev–Trinajstić information content (AvgIpc) is 3.46. The Morgan fingerprint density at radius 1 is 0.654 bits per heavy atom. The molecule has 78 heavy (non-hydrogen) atoms. The Kier molecular flexibility index (Phi) is 21.1. The number of benzene rings is 3. The first-order valence-corrected chi connectivity index (χ1v) is 26.2. The maximum atomic E-state index is 13.3. The van der Waals surface area contributed by atoms with Crippen LogP contribution in [0.25, 0.3) is 33.4 Å². The number of hydrogen-bond acceptors (Lipinski definition) is 20. The van der Waals surface area contributed by atoms with Gasteiger partial charge in [0.05, 0.1) is 30.9 Å².